The van der Waals surface area contributed by atoms with Crippen LogP contribution in [0.15, 0.2) is 47.8 Å². The van der Waals surface area contributed by atoms with E-state index in [2.05, 4.69) is 20.7 Å². The summed E-state index contributed by atoms with van der Waals surface area (Å²) in [4.78, 5) is 37.8. The minimum absolute atomic E-state index is 0.00261. The minimum Gasteiger partial charge on any atom is -0.481 e. The number of hydrogen-bond acceptors (Lipinski definition) is 8. The second-order valence-corrected chi connectivity index (χ2v) is 7.35. The monoisotopic (exact) mass is 429 g/mol. The molecule has 1 atom stereocenters. The first-order valence-corrected chi connectivity index (χ1v) is 9.88. The number of carboxylic acid groups (broad SMARTS) is 1. The number of benzene rings is 1. The first-order valence-electron chi connectivity index (χ1n) is 9.00. The molecule has 0 bridgehead atoms. The quantitative estimate of drug-likeness (QED) is 0.497. The van der Waals surface area contributed by atoms with Crippen molar-refractivity contribution in [1.29, 1.82) is 0 Å². The normalized spacial score (nSPS) is 11.6. The lowest BCUT2D eigenvalue weighted by Crippen LogP contribution is -2.44. The number of aliphatic carboxylic acids is 1. The molecule has 0 saturated carbocycles. The number of nitrogens with one attached hydrogen (secondary N) is 1. The van der Waals surface area contributed by atoms with E-state index >= 15 is 0 Å². The molecule has 3 aromatic rings. The maximum Gasteiger partial charge on any atom is 0.408 e. The first-order chi connectivity index (χ1) is 14.5. The maximum atomic E-state index is 12.5. The lowest BCUT2D eigenvalue weighted by molar-refractivity contribution is -0.139. The highest BCUT2D eigenvalue weighted by Crippen LogP contribution is 2.11. The molecule has 0 aliphatic rings. The van der Waals surface area contributed by atoms with Crippen LogP contribution in [0.5, 0.6) is 0 Å². The van der Waals surface area contributed by atoms with Gasteiger partial charge in [-0.2, -0.15) is 4.80 Å². The Balaban J connectivity index is 1.56. The number of ether oxygens (including phenoxy) is 1. The van der Waals surface area contributed by atoms with Crippen LogP contribution >= 0.6 is 11.3 Å². The van der Waals surface area contributed by atoms with Gasteiger partial charge in [0.25, 0.3) is 0 Å². The van der Waals surface area contributed by atoms with E-state index in [4.69, 9.17) is 9.84 Å². The van der Waals surface area contributed by atoms with Gasteiger partial charge in [-0.15, -0.1) is 21.5 Å². The minimum atomic E-state index is -1.28. The van der Waals surface area contributed by atoms with Crippen molar-refractivity contribution in [2.75, 3.05) is 0 Å². The maximum absolute atomic E-state index is 12.5. The van der Waals surface area contributed by atoms with Gasteiger partial charge in [0.15, 0.2) is 11.6 Å². The van der Waals surface area contributed by atoms with Crippen LogP contribution in [0.4, 0.5) is 4.79 Å². The summed E-state index contributed by atoms with van der Waals surface area (Å²) in [5.41, 5.74) is 0.763. The van der Waals surface area contributed by atoms with E-state index in [0.717, 1.165) is 15.2 Å². The SMILES string of the molecule is O=C(O)CC(NC(=O)OCc1ccccc1)C(=O)Cn1nnc(Cc2cccs2)n1. The Kier molecular flexibility index (Phi) is 7.22. The fourth-order valence-electron chi connectivity index (χ4n) is 2.56. The molecule has 0 aliphatic heterocycles. The predicted molar refractivity (Wildman–Crippen MR) is 106 cm³/mol. The van der Waals surface area contributed by atoms with Gasteiger partial charge >= 0.3 is 12.1 Å². The molecule has 0 spiro atoms. The van der Waals surface area contributed by atoms with Gasteiger partial charge in [-0.25, -0.2) is 4.79 Å². The predicted octanol–water partition coefficient (Wildman–Crippen LogP) is 1.66. The van der Waals surface area contributed by atoms with Gasteiger partial charge in [0.2, 0.25) is 0 Å². The van der Waals surface area contributed by atoms with Crippen LogP contribution in [0.2, 0.25) is 0 Å². The highest BCUT2D eigenvalue weighted by atomic mass is 32.1. The van der Waals surface area contributed by atoms with Crippen LogP contribution in [-0.2, 0) is 33.9 Å². The lowest BCUT2D eigenvalue weighted by atomic mass is 10.1. The standard InChI is InChI=1S/C19H19N5O5S/c25-16(11-24-22-17(21-23-24)9-14-7-4-8-30-14)15(10-18(26)27)20-19(28)29-12-13-5-2-1-3-6-13/h1-8,15H,9-12H2,(H,20,28)(H,26,27). The summed E-state index contributed by atoms with van der Waals surface area (Å²) in [6, 6.07) is 11.5. The van der Waals surface area contributed by atoms with E-state index in [-0.39, 0.29) is 13.2 Å². The Hall–Kier alpha value is -3.60. The van der Waals surface area contributed by atoms with Gasteiger partial charge in [-0.3, -0.25) is 9.59 Å². The topological polar surface area (TPSA) is 136 Å². The molecule has 0 aliphatic carbocycles. The molecule has 1 unspecified atom stereocenters. The third kappa shape index (κ3) is 6.48. The Bertz CT molecular complexity index is 990. The molecular weight excluding hydrogens is 410 g/mol. The summed E-state index contributed by atoms with van der Waals surface area (Å²) < 4.78 is 5.06. The molecule has 0 radical (unpaired) electrons. The van der Waals surface area contributed by atoms with Crippen molar-refractivity contribution in [3.05, 3.63) is 64.1 Å². The fourth-order valence-corrected chi connectivity index (χ4v) is 3.26. The number of amides is 1. The van der Waals surface area contributed by atoms with Crippen LogP contribution in [-0.4, -0.2) is 49.2 Å². The molecule has 11 heteroatoms. The third-order valence-electron chi connectivity index (χ3n) is 3.98. The number of carboxylic acids is 1. The average Bonchev–Trinajstić information content (AvgIpc) is 3.39. The Morgan fingerprint density at radius 3 is 2.67 bits per heavy atom. The zero-order valence-electron chi connectivity index (χ0n) is 15.8. The molecular formula is C19H19N5O5S. The molecule has 3 rings (SSSR count). The number of Topliss-reactive ketones (excluding diaryl/α,β-unsaturated/α-hetero) is 1. The number of hydrogen-bond donors (Lipinski definition) is 2. The summed E-state index contributed by atoms with van der Waals surface area (Å²) in [7, 11) is 0. The molecule has 0 saturated heterocycles. The number of nitrogens with zero attached hydrogens (tertiary/aromatic N) is 4. The second-order valence-electron chi connectivity index (χ2n) is 6.32. The third-order valence-corrected chi connectivity index (χ3v) is 4.85. The van der Waals surface area contributed by atoms with Gasteiger partial charge in [0.05, 0.1) is 6.42 Å². The van der Waals surface area contributed by atoms with E-state index in [1.807, 2.05) is 23.6 Å². The van der Waals surface area contributed by atoms with Crippen LogP contribution in [0, 0.1) is 0 Å². The van der Waals surface area contributed by atoms with Crippen molar-refractivity contribution in [3.63, 3.8) is 0 Å². The highest BCUT2D eigenvalue weighted by molar-refractivity contribution is 7.09. The molecule has 156 valence electrons. The van der Waals surface area contributed by atoms with Crippen LogP contribution < -0.4 is 5.32 Å². The zero-order chi connectivity index (χ0) is 21.3. The van der Waals surface area contributed by atoms with Crippen molar-refractivity contribution in [2.45, 2.75) is 32.0 Å². The number of carbonyl (C=O) groups excluding carboxylic acids is 2. The number of alkyl carbamates (subject to hydrolysis) is 1. The summed E-state index contributed by atoms with van der Waals surface area (Å²) in [5, 5.41) is 25.2. The fraction of sp³-hybridized carbons (Fsp3) is 0.263. The molecule has 2 N–H and O–H groups in total. The Morgan fingerprint density at radius 2 is 1.97 bits per heavy atom. The highest BCUT2D eigenvalue weighted by Gasteiger charge is 2.25. The first kappa shape index (κ1) is 21.1. The summed E-state index contributed by atoms with van der Waals surface area (Å²) >= 11 is 1.55. The zero-order valence-corrected chi connectivity index (χ0v) is 16.6. The summed E-state index contributed by atoms with van der Waals surface area (Å²) in [5.74, 6) is -1.37. The number of ketones is 1. The van der Waals surface area contributed by atoms with Crippen molar-refractivity contribution in [1.82, 2.24) is 25.5 Å². The number of thiophene rings is 1. The molecule has 0 fully saturated rings. The van der Waals surface area contributed by atoms with Gasteiger partial charge in [0, 0.05) is 11.3 Å². The second kappa shape index (κ2) is 10.3. The van der Waals surface area contributed by atoms with Gasteiger partial charge in [-0.05, 0) is 22.2 Å². The van der Waals surface area contributed by atoms with E-state index in [0.29, 0.717) is 12.2 Å². The smallest absolute Gasteiger partial charge is 0.408 e. The summed E-state index contributed by atoms with van der Waals surface area (Å²) in [6.07, 6.45) is -0.992. The number of aromatic nitrogens is 4. The lowest BCUT2D eigenvalue weighted by Gasteiger charge is -2.15. The van der Waals surface area contributed by atoms with Crippen LogP contribution in [0.1, 0.15) is 22.7 Å². The molecule has 2 aromatic heterocycles. The van der Waals surface area contributed by atoms with Crippen molar-refractivity contribution in [3.8, 4) is 0 Å². The average molecular weight is 429 g/mol. The summed E-state index contributed by atoms with van der Waals surface area (Å²) in [6.45, 7) is -0.328. The van der Waals surface area contributed by atoms with Crippen LogP contribution in [0.3, 0.4) is 0 Å². The van der Waals surface area contributed by atoms with E-state index in [9.17, 15) is 14.4 Å². The van der Waals surface area contributed by atoms with E-state index in [1.165, 1.54) is 0 Å². The van der Waals surface area contributed by atoms with Crippen molar-refractivity contribution < 1.29 is 24.2 Å². The van der Waals surface area contributed by atoms with E-state index < -0.39 is 30.3 Å². The molecule has 10 nitrogen and oxygen atoms in total. The van der Waals surface area contributed by atoms with Gasteiger partial charge in [0.1, 0.15) is 19.2 Å². The Morgan fingerprint density at radius 1 is 1.17 bits per heavy atom. The van der Waals surface area contributed by atoms with E-state index in [1.54, 1.807) is 35.6 Å². The molecule has 2 heterocycles. The van der Waals surface area contributed by atoms with Crippen molar-refractivity contribution in [2.24, 2.45) is 0 Å². The van der Waals surface area contributed by atoms with Crippen LogP contribution in [0.25, 0.3) is 0 Å². The van der Waals surface area contributed by atoms with Crippen molar-refractivity contribution >= 4 is 29.2 Å². The van der Waals surface area contributed by atoms with Gasteiger partial charge in [-0.1, -0.05) is 36.4 Å². The number of tetrazole rings is 1. The number of carbonyl (C=O) groups is 3. The number of rotatable bonds is 10. The Labute approximate surface area is 175 Å². The molecule has 30 heavy (non-hydrogen) atoms. The molecule has 1 amide bonds. The molecule has 1 aromatic carbocycles. The van der Waals surface area contributed by atoms with Gasteiger partial charge < -0.3 is 15.2 Å². The largest absolute Gasteiger partial charge is 0.481 e.